The molecule has 0 aliphatic carbocycles. The van der Waals surface area contributed by atoms with Crippen molar-refractivity contribution < 1.29 is 66.8 Å². The van der Waals surface area contributed by atoms with E-state index in [2.05, 4.69) is 157 Å². The number of aryl methyl sites for hydroxylation is 9. The molecule has 0 unspecified atom stereocenters. The van der Waals surface area contributed by atoms with Crippen LogP contribution in [0.5, 0.6) is 17.2 Å². The highest BCUT2D eigenvalue weighted by Gasteiger charge is 2.22. The number of hydrogen-bond donors (Lipinski definition) is 0. The lowest BCUT2D eigenvalue weighted by molar-refractivity contribution is -0.133. The van der Waals surface area contributed by atoms with Crippen molar-refractivity contribution in [2.75, 3.05) is 68.5 Å². The second-order valence-corrected chi connectivity index (χ2v) is 34.4. The summed E-state index contributed by atoms with van der Waals surface area (Å²) in [4.78, 5) is 113. The molecule has 4 amide bonds. The van der Waals surface area contributed by atoms with E-state index in [9.17, 15) is 43.2 Å². The molecule has 0 aliphatic rings. The van der Waals surface area contributed by atoms with Crippen molar-refractivity contribution >= 4 is 59.2 Å². The molecule has 0 fully saturated rings. The van der Waals surface area contributed by atoms with Gasteiger partial charge in [-0.15, -0.1) is 0 Å². The molecule has 0 aliphatic heterocycles. The molecule has 139 heavy (non-hydrogen) atoms. The summed E-state index contributed by atoms with van der Waals surface area (Å²) in [6.07, 6.45) is 0. The van der Waals surface area contributed by atoms with Crippen LogP contribution in [0.3, 0.4) is 0 Å². The van der Waals surface area contributed by atoms with Gasteiger partial charge < -0.3 is 43.3 Å². The van der Waals surface area contributed by atoms with Crippen LogP contribution in [0.4, 0.5) is 5.69 Å². The van der Waals surface area contributed by atoms with Crippen LogP contribution in [-0.2, 0) is 28.7 Å². The van der Waals surface area contributed by atoms with E-state index in [0.717, 1.165) is 111 Å². The van der Waals surface area contributed by atoms with Crippen molar-refractivity contribution in [2.45, 2.75) is 90.0 Å². The molecule has 0 heterocycles. The third kappa shape index (κ3) is 28.6. The molecule has 15 aromatic rings. The first-order chi connectivity index (χ1) is 66.3. The largest absolute Gasteiger partial charge is 0.465 e. The smallest absolute Gasteiger partial charge is 0.337 e. The Morgan fingerprint density at radius 2 is 0.381 bits per heavy atom. The average Bonchev–Trinajstić information content (AvgIpc) is 0.799. The van der Waals surface area contributed by atoms with Gasteiger partial charge in [0.05, 0.1) is 25.3 Å². The van der Waals surface area contributed by atoms with Gasteiger partial charge in [-0.1, -0.05) is 218 Å². The minimum absolute atomic E-state index is 0.0188. The Labute approximate surface area is 817 Å². The zero-order valence-electron chi connectivity index (χ0n) is 83.2. The van der Waals surface area contributed by atoms with Crippen LogP contribution in [-0.4, -0.2) is 132 Å². The third-order valence-electron chi connectivity index (χ3n) is 23.1. The topological polar surface area (TPSA) is 213 Å². The van der Waals surface area contributed by atoms with Gasteiger partial charge >= 0.3 is 29.8 Å². The molecule has 0 radical (unpaired) electrons. The number of hydrogen-bond acceptors (Lipinski definition) is 14. The van der Waals surface area contributed by atoms with Gasteiger partial charge in [0.2, 0.25) is 5.91 Å². The molecule has 18 nitrogen and oxygen atoms in total. The van der Waals surface area contributed by atoms with E-state index in [-0.39, 0.29) is 29.6 Å². The van der Waals surface area contributed by atoms with Crippen molar-refractivity contribution in [2.24, 2.45) is 0 Å². The fourth-order valence-corrected chi connectivity index (χ4v) is 15.8. The van der Waals surface area contributed by atoms with Gasteiger partial charge in [0.1, 0.15) is 17.2 Å². The van der Waals surface area contributed by atoms with Gasteiger partial charge in [0.15, 0.2) is 0 Å². The lowest BCUT2D eigenvalue weighted by Crippen LogP contribution is -2.24. The number of anilines is 1. The number of amides is 4. The quantitative estimate of drug-likeness (QED) is 0.0577. The van der Waals surface area contributed by atoms with Crippen LogP contribution in [0.1, 0.15) is 130 Å². The molecule has 0 atom stereocenters. The fourth-order valence-electron chi connectivity index (χ4n) is 15.8. The van der Waals surface area contributed by atoms with Crippen LogP contribution in [0.2, 0.25) is 0 Å². The summed E-state index contributed by atoms with van der Waals surface area (Å²) < 4.78 is 25.1. The van der Waals surface area contributed by atoms with Crippen molar-refractivity contribution in [3.05, 3.63) is 405 Å². The van der Waals surface area contributed by atoms with Crippen LogP contribution < -0.4 is 19.1 Å². The van der Waals surface area contributed by atoms with E-state index in [1.807, 2.05) is 198 Å². The van der Waals surface area contributed by atoms with Gasteiger partial charge in [-0.05, 0) is 316 Å². The average molecular weight is 1850 g/mol. The Morgan fingerprint density at radius 1 is 0.209 bits per heavy atom. The van der Waals surface area contributed by atoms with E-state index < -0.39 is 23.9 Å². The minimum atomic E-state index is -0.490. The van der Waals surface area contributed by atoms with E-state index in [1.54, 1.807) is 89.3 Å². The summed E-state index contributed by atoms with van der Waals surface area (Å²) in [5.41, 5.74) is 32.6. The van der Waals surface area contributed by atoms with Gasteiger partial charge in [0.25, 0.3) is 17.7 Å². The lowest BCUT2D eigenvalue weighted by atomic mass is 9.92. The number of esters is 5. The molecule has 0 bridgehead atoms. The third-order valence-corrected chi connectivity index (χ3v) is 23.1. The van der Waals surface area contributed by atoms with Gasteiger partial charge in [0, 0.05) is 105 Å². The van der Waals surface area contributed by atoms with Crippen molar-refractivity contribution in [1.29, 1.82) is 0 Å². The van der Waals surface area contributed by atoms with Crippen LogP contribution >= 0.6 is 0 Å². The van der Waals surface area contributed by atoms with Gasteiger partial charge in [-0.2, -0.15) is 0 Å². The maximum atomic E-state index is 12.6. The molecule has 0 spiro atoms. The normalized spacial score (nSPS) is 10.3. The van der Waals surface area contributed by atoms with Crippen LogP contribution in [0.25, 0.3) is 100 Å². The molecule has 0 saturated carbocycles. The molecular weight excluding hydrogens is 1730 g/mol. The second kappa shape index (κ2) is 49.1. The Bertz CT molecular complexity index is 6720. The maximum Gasteiger partial charge on any atom is 0.337 e. The monoisotopic (exact) mass is 1850 g/mol. The number of nitrogens with zero attached hydrogens (tertiary/aromatic N) is 4. The van der Waals surface area contributed by atoms with E-state index in [4.69, 9.17) is 23.7 Å². The molecule has 15 aromatic carbocycles. The number of rotatable bonds is 18. The molecule has 0 saturated heterocycles. The Hall–Kier alpha value is -16.5. The second-order valence-electron chi connectivity index (χ2n) is 34.4. The predicted octanol–water partition coefficient (Wildman–Crippen LogP) is 26.3. The molecule has 0 N–H and O–H groups in total. The summed E-state index contributed by atoms with van der Waals surface area (Å²) in [7, 11) is 14.8. The SMILES string of the molecule is CC(=O)N(C)c1cc(-c2ccccc2C)cc(-c2ccccc2C)c1.CC(=O)Oc1cc(-c2ccccc2C)cc(-c2ccccc2C)c1.CC(=O)Oc1cc(OC(C)=O)cc(-c2ccccc2C)c1.COC(=O)c1cc(C(=O)OC)cc(-c2ccccc2C)c1.Cc1ccccc1-c1cc(C(=O)N(C)C)cc(-c2ccccc2C)c1.Cc1ccccc1-c1cc(C(=O)N(C)C)cc(C(=O)N(C)C)c1. The predicted molar refractivity (Wildman–Crippen MR) is 560 cm³/mol. The summed E-state index contributed by atoms with van der Waals surface area (Å²) in [5, 5.41) is 0. The molecule has 18 heteroatoms. The number of carbonyl (C=O) groups is 9. The van der Waals surface area contributed by atoms with Crippen LogP contribution in [0, 0.1) is 62.3 Å². The first kappa shape index (κ1) is 105. The summed E-state index contributed by atoms with van der Waals surface area (Å²) in [6.45, 7) is 24.2. The minimum Gasteiger partial charge on any atom is -0.465 e. The lowest BCUT2D eigenvalue weighted by Gasteiger charge is -2.19. The van der Waals surface area contributed by atoms with E-state index in [0.29, 0.717) is 45.1 Å². The maximum absolute atomic E-state index is 12.6. The molecule has 15 rings (SSSR count). The standard InChI is InChI=1S/2C23H23NO.C22H20O2.C19H22N2O2.2C17H16O4/c1-16-9-5-7-11-21(16)18-13-19(22-12-8-6-10-17(22)2)15-20(14-18)23(25)24(3)4;1-16-9-5-7-11-22(16)19-13-20(23-12-8-6-10-17(23)2)15-21(14-19)24(4)18(3)25;1-15-8-4-6-10-21(15)18-12-19(14-20(13-18)24-17(3)23)22-11-7-5-9-16(22)2;1-13-8-6-7-9-17(13)14-10-15(18(22)20(2)3)12-16(11-14)19(23)21(4)5;1-11-6-4-5-7-15(11)12-8-13(16(18)20-2)10-14(9-12)17(19)21-3;1-11-6-4-5-7-17(11)14-8-15(20-12(2)18)10-16(9-14)21-13(3)19/h2*5-15H,1-4H3;4-14H,1-3H3;6-12H,1-5H3;2*4-10H,1-3H3. The summed E-state index contributed by atoms with van der Waals surface area (Å²) >= 11 is 0. The highest BCUT2D eigenvalue weighted by Crippen LogP contribution is 2.40. The Morgan fingerprint density at radius 3 is 0.583 bits per heavy atom. The highest BCUT2D eigenvalue weighted by atomic mass is 16.6. The molecule has 708 valence electrons. The Kier molecular flexibility index (Phi) is 37.0. The summed E-state index contributed by atoms with van der Waals surface area (Å²) in [5.74, 6) is -1.07. The molecular formula is C121H120N4O14. The molecule has 0 aromatic heterocycles. The number of methoxy groups -OCH3 is 2. The van der Waals surface area contributed by atoms with Crippen molar-refractivity contribution in [3.8, 4) is 117 Å². The van der Waals surface area contributed by atoms with Crippen molar-refractivity contribution in [1.82, 2.24) is 14.7 Å². The van der Waals surface area contributed by atoms with Gasteiger partial charge in [-0.25, -0.2) is 9.59 Å². The zero-order chi connectivity index (χ0) is 101. The summed E-state index contributed by atoms with van der Waals surface area (Å²) in [6, 6.07) is 107. The first-order valence-corrected chi connectivity index (χ1v) is 45.4. The number of carbonyl (C=O) groups excluding carboxylic acids is 9. The highest BCUT2D eigenvalue weighted by molar-refractivity contribution is 6.03. The van der Waals surface area contributed by atoms with E-state index >= 15 is 0 Å². The van der Waals surface area contributed by atoms with Gasteiger partial charge in [-0.3, -0.25) is 33.6 Å². The van der Waals surface area contributed by atoms with Crippen molar-refractivity contribution in [3.63, 3.8) is 0 Å². The van der Waals surface area contributed by atoms with E-state index in [1.165, 1.54) is 101 Å². The number of benzene rings is 15. The zero-order valence-corrected chi connectivity index (χ0v) is 83.2. The van der Waals surface area contributed by atoms with Crippen LogP contribution in [0.15, 0.2) is 328 Å². The first-order valence-electron chi connectivity index (χ1n) is 45.4. The Balaban J connectivity index is 0.000000172. The number of ether oxygens (including phenoxy) is 5. The fraction of sp³-hybridized carbons (Fsp3) is 0.182.